The molecule has 16 heavy (non-hydrogen) atoms. The highest BCUT2D eigenvalue weighted by Crippen LogP contribution is 2.35. The van der Waals surface area contributed by atoms with E-state index in [4.69, 9.17) is 0 Å². The van der Waals surface area contributed by atoms with Gasteiger partial charge in [-0.25, -0.2) is 0 Å². The molecular formula is C14H28O2. The van der Waals surface area contributed by atoms with Gasteiger partial charge in [0.1, 0.15) is 0 Å². The molecule has 0 rings (SSSR count). The van der Waals surface area contributed by atoms with Gasteiger partial charge in [0, 0.05) is 0 Å². The normalized spacial score (nSPS) is 14.7. The maximum Gasteiger partial charge on any atom is 0.309 e. The second-order valence-corrected chi connectivity index (χ2v) is 4.85. The summed E-state index contributed by atoms with van der Waals surface area (Å²) in [5.74, 6) is -0.583. The van der Waals surface area contributed by atoms with Gasteiger partial charge in [0.05, 0.1) is 5.41 Å². The Morgan fingerprint density at radius 1 is 0.938 bits per heavy atom. The Morgan fingerprint density at radius 3 is 1.94 bits per heavy atom. The number of hydrogen-bond donors (Lipinski definition) is 1. The van der Waals surface area contributed by atoms with Crippen molar-refractivity contribution in [3.05, 3.63) is 0 Å². The molecule has 0 saturated carbocycles. The summed E-state index contributed by atoms with van der Waals surface area (Å²) in [6.07, 6.45) is 9.29. The molecule has 0 bridgehead atoms. The first-order valence-corrected chi connectivity index (χ1v) is 6.86. The molecule has 0 aromatic carbocycles. The van der Waals surface area contributed by atoms with E-state index in [1.165, 1.54) is 19.3 Å². The van der Waals surface area contributed by atoms with Gasteiger partial charge in [-0.3, -0.25) is 4.79 Å². The number of carbonyl (C=O) groups is 1. The average molecular weight is 228 g/mol. The Morgan fingerprint density at radius 2 is 1.50 bits per heavy atom. The smallest absolute Gasteiger partial charge is 0.309 e. The van der Waals surface area contributed by atoms with Crippen LogP contribution in [0.1, 0.15) is 78.6 Å². The molecule has 1 N–H and O–H groups in total. The molecule has 0 spiro atoms. The maximum atomic E-state index is 11.4. The Labute approximate surface area is 100 Å². The highest BCUT2D eigenvalue weighted by Gasteiger charge is 2.34. The molecule has 0 amide bonds. The van der Waals surface area contributed by atoms with Crippen LogP contribution in [0.2, 0.25) is 0 Å². The van der Waals surface area contributed by atoms with Gasteiger partial charge in [-0.15, -0.1) is 0 Å². The zero-order valence-corrected chi connectivity index (χ0v) is 11.2. The Bertz CT molecular complexity index is 189. The third-order valence-electron chi connectivity index (χ3n) is 3.65. The monoisotopic (exact) mass is 228 g/mol. The van der Waals surface area contributed by atoms with E-state index in [9.17, 15) is 9.90 Å². The first-order chi connectivity index (χ1) is 7.63. The van der Waals surface area contributed by atoms with E-state index in [0.29, 0.717) is 0 Å². The second kappa shape index (κ2) is 8.60. The number of aliphatic carboxylic acids is 1. The largest absolute Gasteiger partial charge is 0.481 e. The van der Waals surface area contributed by atoms with E-state index in [2.05, 4.69) is 13.8 Å². The molecule has 0 fully saturated rings. The zero-order valence-electron chi connectivity index (χ0n) is 11.2. The summed E-state index contributed by atoms with van der Waals surface area (Å²) < 4.78 is 0. The van der Waals surface area contributed by atoms with Crippen molar-refractivity contribution in [2.45, 2.75) is 78.6 Å². The predicted molar refractivity (Wildman–Crippen MR) is 68.6 cm³/mol. The summed E-state index contributed by atoms with van der Waals surface area (Å²) in [6.45, 7) is 6.32. The number of carboxylic acids is 1. The number of unbranched alkanes of at least 4 members (excludes halogenated alkanes) is 4. The first-order valence-electron chi connectivity index (χ1n) is 6.86. The lowest BCUT2D eigenvalue weighted by Gasteiger charge is -2.28. The Kier molecular flexibility index (Phi) is 8.32. The molecule has 0 heterocycles. The van der Waals surface area contributed by atoms with E-state index in [1.54, 1.807) is 0 Å². The van der Waals surface area contributed by atoms with Crippen LogP contribution < -0.4 is 0 Å². The van der Waals surface area contributed by atoms with E-state index in [0.717, 1.165) is 38.5 Å². The molecule has 2 heteroatoms. The van der Waals surface area contributed by atoms with Crippen LogP contribution in [0.15, 0.2) is 0 Å². The number of rotatable bonds is 10. The molecule has 0 unspecified atom stereocenters. The van der Waals surface area contributed by atoms with Crippen molar-refractivity contribution < 1.29 is 9.90 Å². The zero-order chi connectivity index (χ0) is 12.4. The SMILES string of the molecule is CCCCCC[C@](CC)(CCCC)C(=O)O. The lowest BCUT2D eigenvalue weighted by atomic mass is 9.76. The summed E-state index contributed by atoms with van der Waals surface area (Å²) in [5.41, 5.74) is -0.441. The minimum atomic E-state index is -0.583. The lowest BCUT2D eigenvalue weighted by Crippen LogP contribution is -2.30. The molecule has 2 nitrogen and oxygen atoms in total. The fourth-order valence-electron chi connectivity index (χ4n) is 2.25. The van der Waals surface area contributed by atoms with Gasteiger partial charge in [-0.1, -0.05) is 59.3 Å². The topological polar surface area (TPSA) is 37.3 Å². The van der Waals surface area contributed by atoms with E-state index < -0.39 is 11.4 Å². The summed E-state index contributed by atoms with van der Waals surface area (Å²) in [5, 5.41) is 9.41. The van der Waals surface area contributed by atoms with Gasteiger partial charge in [0.15, 0.2) is 0 Å². The molecule has 0 aliphatic heterocycles. The molecule has 0 aliphatic carbocycles. The highest BCUT2D eigenvalue weighted by atomic mass is 16.4. The molecule has 0 aromatic heterocycles. The maximum absolute atomic E-state index is 11.4. The van der Waals surface area contributed by atoms with Crippen LogP contribution in [0, 0.1) is 5.41 Å². The van der Waals surface area contributed by atoms with Crippen LogP contribution in [0.5, 0.6) is 0 Å². The van der Waals surface area contributed by atoms with Crippen molar-refractivity contribution >= 4 is 5.97 Å². The van der Waals surface area contributed by atoms with Gasteiger partial charge < -0.3 is 5.11 Å². The average Bonchev–Trinajstić information content (AvgIpc) is 2.28. The summed E-state index contributed by atoms with van der Waals surface area (Å²) in [6, 6.07) is 0. The molecule has 0 aromatic rings. The van der Waals surface area contributed by atoms with Gasteiger partial charge in [0.25, 0.3) is 0 Å². The van der Waals surface area contributed by atoms with Gasteiger partial charge in [0.2, 0.25) is 0 Å². The van der Waals surface area contributed by atoms with E-state index >= 15 is 0 Å². The standard InChI is InChI=1S/C14H28O2/c1-4-7-9-10-12-14(6-3,13(15)16)11-8-5-2/h4-12H2,1-3H3,(H,15,16)/t14-/m0/s1. The molecule has 96 valence electrons. The van der Waals surface area contributed by atoms with Crippen LogP contribution in [0.3, 0.4) is 0 Å². The molecular weight excluding hydrogens is 200 g/mol. The van der Waals surface area contributed by atoms with Gasteiger partial charge in [-0.05, 0) is 19.3 Å². The first kappa shape index (κ1) is 15.5. The third-order valence-corrected chi connectivity index (χ3v) is 3.65. The molecule has 0 radical (unpaired) electrons. The second-order valence-electron chi connectivity index (χ2n) is 4.85. The quantitative estimate of drug-likeness (QED) is 0.554. The van der Waals surface area contributed by atoms with Crippen molar-refractivity contribution in [3.8, 4) is 0 Å². The van der Waals surface area contributed by atoms with Crippen LogP contribution in [-0.4, -0.2) is 11.1 Å². The summed E-state index contributed by atoms with van der Waals surface area (Å²) in [7, 11) is 0. The van der Waals surface area contributed by atoms with Crippen LogP contribution in [0.25, 0.3) is 0 Å². The van der Waals surface area contributed by atoms with Crippen LogP contribution in [0.4, 0.5) is 0 Å². The minimum absolute atomic E-state index is 0.441. The number of hydrogen-bond acceptors (Lipinski definition) is 1. The van der Waals surface area contributed by atoms with Gasteiger partial charge in [-0.2, -0.15) is 0 Å². The van der Waals surface area contributed by atoms with Crippen molar-refractivity contribution in [1.82, 2.24) is 0 Å². The van der Waals surface area contributed by atoms with Crippen molar-refractivity contribution in [2.24, 2.45) is 5.41 Å². The molecule has 0 saturated heterocycles. The number of carboxylic acid groups (broad SMARTS) is 1. The Hall–Kier alpha value is -0.530. The predicted octanol–water partition coefficient (Wildman–Crippen LogP) is 4.63. The van der Waals surface area contributed by atoms with Crippen molar-refractivity contribution in [1.29, 1.82) is 0 Å². The van der Waals surface area contributed by atoms with E-state index in [-0.39, 0.29) is 0 Å². The highest BCUT2D eigenvalue weighted by molar-refractivity contribution is 5.74. The minimum Gasteiger partial charge on any atom is -0.481 e. The Balaban J connectivity index is 4.22. The fourth-order valence-corrected chi connectivity index (χ4v) is 2.25. The van der Waals surface area contributed by atoms with Crippen molar-refractivity contribution in [2.75, 3.05) is 0 Å². The third kappa shape index (κ3) is 5.00. The van der Waals surface area contributed by atoms with Crippen LogP contribution >= 0.6 is 0 Å². The summed E-state index contributed by atoms with van der Waals surface area (Å²) in [4.78, 5) is 11.4. The fraction of sp³-hybridized carbons (Fsp3) is 0.929. The molecule has 0 aliphatic rings. The van der Waals surface area contributed by atoms with Crippen molar-refractivity contribution in [3.63, 3.8) is 0 Å². The summed E-state index contributed by atoms with van der Waals surface area (Å²) >= 11 is 0. The molecule has 1 atom stereocenters. The van der Waals surface area contributed by atoms with Gasteiger partial charge >= 0.3 is 5.97 Å². The van der Waals surface area contributed by atoms with Crippen LogP contribution in [-0.2, 0) is 4.79 Å². The van der Waals surface area contributed by atoms with E-state index in [1.807, 2.05) is 6.92 Å². The lowest BCUT2D eigenvalue weighted by molar-refractivity contribution is -0.150.